The van der Waals surface area contributed by atoms with E-state index in [9.17, 15) is 9.18 Å². The van der Waals surface area contributed by atoms with E-state index in [1.807, 2.05) is 30.3 Å². The minimum Gasteiger partial charge on any atom is -0.390 e. The third-order valence-corrected chi connectivity index (χ3v) is 4.73. The van der Waals surface area contributed by atoms with Crippen molar-refractivity contribution in [2.24, 2.45) is 11.1 Å². The third-order valence-electron chi connectivity index (χ3n) is 4.42. The van der Waals surface area contributed by atoms with Gasteiger partial charge in [0.2, 0.25) is 0 Å². The molecule has 0 radical (unpaired) electrons. The number of oxime groups is 1. The number of benzene rings is 2. The molecule has 2 atom stereocenters. The summed E-state index contributed by atoms with van der Waals surface area (Å²) in [6.07, 6.45) is -0.150. The summed E-state index contributed by atoms with van der Waals surface area (Å²) in [6, 6.07) is 13.6. The van der Waals surface area contributed by atoms with Crippen molar-refractivity contribution in [3.8, 4) is 0 Å². The molecule has 0 bridgehead atoms. The van der Waals surface area contributed by atoms with Gasteiger partial charge in [0.15, 0.2) is 6.10 Å². The molecule has 6 heteroatoms. The van der Waals surface area contributed by atoms with Crippen LogP contribution < -0.4 is 0 Å². The van der Waals surface area contributed by atoms with Crippen molar-refractivity contribution in [3.05, 3.63) is 70.5 Å². The van der Waals surface area contributed by atoms with Crippen molar-refractivity contribution in [1.29, 1.82) is 0 Å². The second-order valence-electron chi connectivity index (χ2n) is 5.93. The highest BCUT2D eigenvalue weighted by Gasteiger charge is 2.44. The second-order valence-corrected chi connectivity index (χ2v) is 6.33. The fraction of sp³-hybridized carbons (Fsp3) is 0.222. The van der Waals surface area contributed by atoms with Gasteiger partial charge in [0.25, 0.3) is 5.91 Å². The first-order valence-corrected chi connectivity index (χ1v) is 8.05. The summed E-state index contributed by atoms with van der Waals surface area (Å²) >= 11 is 6.01. The van der Waals surface area contributed by atoms with Gasteiger partial charge in [-0.2, -0.15) is 0 Å². The molecule has 2 aromatic carbocycles. The van der Waals surface area contributed by atoms with E-state index in [0.29, 0.717) is 18.7 Å². The molecule has 1 fully saturated rings. The Morgan fingerprint density at radius 1 is 1.21 bits per heavy atom. The average Bonchev–Trinajstić information content (AvgIpc) is 3.15. The van der Waals surface area contributed by atoms with Crippen LogP contribution in [0.15, 0.2) is 53.7 Å². The van der Waals surface area contributed by atoms with Crippen molar-refractivity contribution in [1.82, 2.24) is 4.90 Å². The zero-order valence-corrected chi connectivity index (χ0v) is 13.4. The van der Waals surface area contributed by atoms with E-state index in [1.165, 1.54) is 12.1 Å². The number of amides is 1. The number of nitrogens with zero attached hydrogens (tertiary/aromatic N) is 2. The van der Waals surface area contributed by atoms with Crippen molar-refractivity contribution >= 4 is 23.2 Å². The van der Waals surface area contributed by atoms with Crippen LogP contribution in [-0.2, 0) is 4.84 Å². The third kappa shape index (κ3) is 2.55. The molecule has 2 aliphatic heterocycles. The largest absolute Gasteiger partial charge is 0.390 e. The van der Waals surface area contributed by atoms with Gasteiger partial charge in [-0.05, 0) is 23.8 Å². The Morgan fingerprint density at radius 3 is 2.75 bits per heavy atom. The van der Waals surface area contributed by atoms with Gasteiger partial charge < -0.3 is 9.74 Å². The predicted molar refractivity (Wildman–Crippen MR) is 88.7 cm³/mol. The van der Waals surface area contributed by atoms with Crippen LogP contribution in [0.4, 0.5) is 4.39 Å². The number of carbonyl (C=O) groups excluding carboxylic acids is 1. The molecule has 2 unspecified atom stereocenters. The highest BCUT2D eigenvalue weighted by molar-refractivity contribution is 6.33. The van der Waals surface area contributed by atoms with E-state index in [4.69, 9.17) is 16.4 Å². The van der Waals surface area contributed by atoms with Gasteiger partial charge in [-0.1, -0.05) is 47.1 Å². The van der Waals surface area contributed by atoms with Crippen LogP contribution in [0.3, 0.4) is 0 Å². The Labute approximate surface area is 143 Å². The van der Waals surface area contributed by atoms with Crippen molar-refractivity contribution in [2.45, 2.75) is 6.10 Å². The van der Waals surface area contributed by atoms with Gasteiger partial charge in [0, 0.05) is 6.54 Å². The van der Waals surface area contributed by atoms with Crippen LogP contribution in [0, 0.1) is 11.7 Å². The summed E-state index contributed by atoms with van der Waals surface area (Å²) < 4.78 is 13.2. The number of likely N-dealkylation sites (tertiary alicyclic amines) is 1. The van der Waals surface area contributed by atoms with Crippen molar-refractivity contribution < 1.29 is 14.0 Å². The van der Waals surface area contributed by atoms with E-state index in [2.05, 4.69) is 5.16 Å². The first-order valence-electron chi connectivity index (χ1n) is 7.67. The summed E-state index contributed by atoms with van der Waals surface area (Å²) in [5.74, 6) is -0.641. The average molecular weight is 345 g/mol. The molecule has 4 rings (SSSR count). The topological polar surface area (TPSA) is 41.9 Å². The SMILES string of the molecule is O=C(c1ccc(F)cc1Cl)N1CC2ON=C(c3ccccc3)C2C1. The molecule has 0 saturated carbocycles. The van der Waals surface area contributed by atoms with Crippen molar-refractivity contribution in [2.75, 3.05) is 13.1 Å². The first kappa shape index (κ1) is 15.1. The highest BCUT2D eigenvalue weighted by atomic mass is 35.5. The van der Waals surface area contributed by atoms with Gasteiger partial charge in [-0.15, -0.1) is 0 Å². The Balaban J connectivity index is 1.55. The lowest BCUT2D eigenvalue weighted by atomic mass is 9.95. The van der Waals surface area contributed by atoms with Crippen molar-refractivity contribution in [3.63, 3.8) is 0 Å². The molecular weight excluding hydrogens is 331 g/mol. The van der Waals surface area contributed by atoms with Gasteiger partial charge >= 0.3 is 0 Å². The minimum atomic E-state index is -0.461. The smallest absolute Gasteiger partial charge is 0.255 e. The van der Waals surface area contributed by atoms with E-state index < -0.39 is 5.82 Å². The Morgan fingerprint density at radius 2 is 2.00 bits per heavy atom. The zero-order chi connectivity index (χ0) is 16.7. The number of hydrogen-bond donors (Lipinski definition) is 0. The van der Waals surface area contributed by atoms with Gasteiger partial charge in [-0.25, -0.2) is 4.39 Å². The molecule has 122 valence electrons. The monoisotopic (exact) mass is 344 g/mol. The fourth-order valence-electron chi connectivity index (χ4n) is 3.21. The minimum absolute atomic E-state index is 0.0376. The first-order chi connectivity index (χ1) is 11.6. The molecule has 1 amide bonds. The molecule has 0 aromatic heterocycles. The van der Waals surface area contributed by atoms with Gasteiger partial charge in [-0.3, -0.25) is 4.79 Å². The fourth-order valence-corrected chi connectivity index (χ4v) is 3.46. The van der Waals surface area contributed by atoms with E-state index in [0.717, 1.165) is 17.3 Å². The molecule has 24 heavy (non-hydrogen) atoms. The van der Waals surface area contributed by atoms with E-state index in [-0.39, 0.29) is 23.0 Å². The molecular formula is C18H14ClFN2O2. The summed E-state index contributed by atoms with van der Waals surface area (Å²) in [7, 11) is 0. The second kappa shape index (κ2) is 5.91. The maximum Gasteiger partial charge on any atom is 0.255 e. The quantitative estimate of drug-likeness (QED) is 0.838. The number of halogens is 2. The van der Waals surface area contributed by atoms with Crippen LogP contribution in [0.25, 0.3) is 0 Å². The number of rotatable bonds is 2. The summed E-state index contributed by atoms with van der Waals surface area (Å²) in [5, 5.41) is 4.31. The molecule has 2 aliphatic rings. The Hall–Kier alpha value is -2.40. The number of fused-ring (bicyclic) bond motifs is 1. The maximum absolute atomic E-state index is 13.2. The molecule has 1 saturated heterocycles. The number of carbonyl (C=O) groups is 1. The van der Waals surface area contributed by atoms with Crippen LogP contribution in [0.2, 0.25) is 5.02 Å². The Bertz CT molecular complexity index is 825. The lowest BCUT2D eigenvalue weighted by Crippen LogP contribution is -2.30. The van der Waals surface area contributed by atoms with Gasteiger partial charge in [0.1, 0.15) is 5.82 Å². The van der Waals surface area contributed by atoms with Crippen LogP contribution in [0.5, 0.6) is 0 Å². The van der Waals surface area contributed by atoms with Crippen LogP contribution >= 0.6 is 11.6 Å². The maximum atomic E-state index is 13.2. The Kier molecular flexibility index (Phi) is 3.73. The summed E-state index contributed by atoms with van der Waals surface area (Å²) in [6.45, 7) is 0.946. The van der Waals surface area contributed by atoms with Crippen LogP contribution in [0.1, 0.15) is 15.9 Å². The van der Waals surface area contributed by atoms with Gasteiger partial charge in [0.05, 0.1) is 28.8 Å². The van der Waals surface area contributed by atoms with E-state index in [1.54, 1.807) is 4.90 Å². The molecule has 4 nitrogen and oxygen atoms in total. The molecule has 2 heterocycles. The predicted octanol–water partition coefficient (Wildman–Crippen LogP) is 3.35. The standard InChI is InChI=1S/C18H14ClFN2O2/c19-15-8-12(20)6-7-13(15)18(23)22-9-14-16(10-22)24-21-17(14)11-4-2-1-3-5-11/h1-8,14,16H,9-10H2. The highest BCUT2D eigenvalue weighted by Crippen LogP contribution is 2.31. The van der Waals surface area contributed by atoms with Crippen LogP contribution in [-0.4, -0.2) is 35.7 Å². The zero-order valence-electron chi connectivity index (χ0n) is 12.7. The molecule has 0 aliphatic carbocycles. The molecule has 0 N–H and O–H groups in total. The number of hydrogen-bond acceptors (Lipinski definition) is 3. The van der Waals surface area contributed by atoms with E-state index >= 15 is 0 Å². The molecule has 0 spiro atoms. The summed E-state index contributed by atoms with van der Waals surface area (Å²) in [4.78, 5) is 19.9. The normalized spacial score (nSPS) is 22.1. The lowest BCUT2D eigenvalue weighted by molar-refractivity contribution is 0.0631. The molecule has 2 aromatic rings. The lowest BCUT2D eigenvalue weighted by Gasteiger charge is -2.17. The summed E-state index contributed by atoms with van der Waals surface area (Å²) in [5.41, 5.74) is 2.16.